The Balaban J connectivity index is 2.12. The van der Waals surface area contributed by atoms with E-state index in [0.29, 0.717) is 22.9 Å². The molecule has 5 nitrogen and oxygen atoms in total. The highest BCUT2D eigenvalue weighted by molar-refractivity contribution is 7.16. The van der Waals surface area contributed by atoms with Crippen LogP contribution in [0.3, 0.4) is 0 Å². The lowest BCUT2D eigenvalue weighted by Gasteiger charge is -2.01. The Morgan fingerprint density at radius 3 is 2.81 bits per heavy atom. The predicted octanol–water partition coefficient (Wildman–Crippen LogP) is 2.65. The van der Waals surface area contributed by atoms with E-state index in [1.807, 2.05) is 13.8 Å². The third-order valence-electron chi connectivity index (χ3n) is 2.96. The summed E-state index contributed by atoms with van der Waals surface area (Å²) in [6.07, 6.45) is 2.03. The van der Waals surface area contributed by atoms with Gasteiger partial charge in [0.2, 0.25) is 0 Å². The first kappa shape index (κ1) is 15.3. The van der Waals surface area contributed by atoms with Crippen LogP contribution in [0, 0.1) is 32.6 Å². The lowest BCUT2D eigenvalue weighted by atomic mass is 10.1. The molecule has 110 valence electrons. The summed E-state index contributed by atoms with van der Waals surface area (Å²) in [5, 5.41) is 11.9. The molecule has 0 spiro atoms. The van der Waals surface area contributed by atoms with Crippen LogP contribution in [0.4, 0.5) is 5.13 Å². The first-order valence-corrected chi connectivity index (χ1v) is 7.28. The molecule has 0 bridgehead atoms. The zero-order valence-electron chi connectivity index (χ0n) is 12.1. The summed E-state index contributed by atoms with van der Waals surface area (Å²) >= 11 is 1.30. The number of nitrogens with zero attached hydrogens (tertiary/aromatic N) is 1. The number of thiazole rings is 1. The number of carbonyl (C=O) groups is 1. The summed E-state index contributed by atoms with van der Waals surface area (Å²) in [5.41, 5.74) is 1.39. The normalized spacial score (nSPS) is 10.1. The van der Waals surface area contributed by atoms with Gasteiger partial charge in [-0.3, -0.25) is 10.1 Å². The molecular formula is C15H16N2O3S. The second-order valence-corrected chi connectivity index (χ2v) is 5.50. The number of aromatic nitrogens is 1. The first-order chi connectivity index (χ1) is 10.0. The van der Waals surface area contributed by atoms with E-state index in [9.17, 15) is 4.79 Å². The standard InChI is InChI=1S/C15H16N2O3S/c1-9-10(2)20-11(3)13(9)14(19)17-15-16-8-12(21-15)6-4-5-7-18/h8,18H,5,7H2,1-3H3,(H,16,17,19). The van der Waals surface area contributed by atoms with Crippen LogP contribution in [0.15, 0.2) is 10.6 Å². The second kappa shape index (κ2) is 6.57. The summed E-state index contributed by atoms with van der Waals surface area (Å²) in [6, 6.07) is 0. The third kappa shape index (κ3) is 3.51. The van der Waals surface area contributed by atoms with E-state index in [1.54, 1.807) is 13.1 Å². The number of furan rings is 1. The molecule has 0 aliphatic rings. The molecule has 0 atom stereocenters. The van der Waals surface area contributed by atoms with Crippen molar-refractivity contribution in [2.75, 3.05) is 11.9 Å². The SMILES string of the molecule is Cc1oc(C)c(C(=O)Nc2ncc(C#CCCO)s2)c1C. The van der Waals surface area contributed by atoms with Gasteiger partial charge in [0.05, 0.1) is 23.2 Å². The van der Waals surface area contributed by atoms with E-state index in [0.717, 1.165) is 16.2 Å². The van der Waals surface area contributed by atoms with Crippen molar-refractivity contribution in [3.8, 4) is 11.8 Å². The topological polar surface area (TPSA) is 75.4 Å². The molecule has 0 aromatic carbocycles. The Bertz CT molecular complexity index is 719. The van der Waals surface area contributed by atoms with Gasteiger partial charge < -0.3 is 9.52 Å². The van der Waals surface area contributed by atoms with Gasteiger partial charge in [0.25, 0.3) is 5.91 Å². The van der Waals surface area contributed by atoms with E-state index in [4.69, 9.17) is 9.52 Å². The maximum atomic E-state index is 12.3. The molecule has 0 radical (unpaired) electrons. The molecule has 0 fully saturated rings. The highest BCUT2D eigenvalue weighted by Crippen LogP contribution is 2.23. The number of anilines is 1. The fourth-order valence-electron chi connectivity index (χ4n) is 1.88. The number of hydrogen-bond acceptors (Lipinski definition) is 5. The minimum atomic E-state index is -0.230. The van der Waals surface area contributed by atoms with Crippen molar-refractivity contribution in [2.45, 2.75) is 27.2 Å². The summed E-state index contributed by atoms with van der Waals surface area (Å²) in [4.78, 5) is 17.1. The summed E-state index contributed by atoms with van der Waals surface area (Å²) in [7, 11) is 0. The third-order valence-corrected chi connectivity index (χ3v) is 3.79. The number of aliphatic hydroxyl groups excluding tert-OH is 1. The first-order valence-electron chi connectivity index (χ1n) is 6.46. The average molecular weight is 304 g/mol. The van der Waals surface area contributed by atoms with Crippen LogP contribution < -0.4 is 5.32 Å². The Morgan fingerprint density at radius 2 is 2.19 bits per heavy atom. The molecule has 0 aliphatic heterocycles. The van der Waals surface area contributed by atoms with Gasteiger partial charge in [0.1, 0.15) is 11.5 Å². The van der Waals surface area contributed by atoms with Crippen LogP contribution in [0.25, 0.3) is 0 Å². The molecule has 2 N–H and O–H groups in total. The van der Waals surface area contributed by atoms with Crippen LogP contribution in [-0.4, -0.2) is 22.6 Å². The fraction of sp³-hybridized carbons (Fsp3) is 0.333. The van der Waals surface area contributed by atoms with Crippen molar-refractivity contribution >= 4 is 22.4 Å². The number of carbonyl (C=O) groups excluding carboxylic acids is 1. The predicted molar refractivity (Wildman–Crippen MR) is 81.6 cm³/mol. The van der Waals surface area contributed by atoms with Crippen LogP contribution in [0.5, 0.6) is 0 Å². The number of amides is 1. The summed E-state index contributed by atoms with van der Waals surface area (Å²) in [6.45, 7) is 5.49. The van der Waals surface area contributed by atoms with Crippen LogP contribution >= 0.6 is 11.3 Å². The zero-order valence-corrected chi connectivity index (χ0v) is 12.9. The molecule has 0 aliphatic carbocycles. The fourth-order valence-corrected chi connectivity index (χ4v) is 2.57. The minimum Gasteiger partial charge on any atom is -0.466 e. The highest BCUT2D eigenvalue weighted by atomic mass is 32.1. The lowest BCUT2D eigenvalue weighted by molar-refractivity contribution is 0.102. The van der Waals surface area contributed by atoms with Crippen molar-refractivity contribution < 1.29 is 14.3 Å². The van der Waals surface area contributed by atoms with Gasteiger partial charge in [-0.05, 0) is 20.8 Å². The van der Waals surface area contributed by atoms with Crippen molar-refractivity contribution in [2.24, 2.45) is 0 Å². The van der Waals surface area contributed by atoms with E-state index >= 15 is 0 Å². The Morgan fingerprint density at radius 1 is 1.43 bits per heavy atom. The molecule has 2 rings (SSSR count). The molecular weight excluding hydrogens is 288 g/mol. The molecule has 2 heterocycles. The van der Waals surface area contributed by atoms with E-state index < -0.39 is 0 Å². The highest BCUT2D eigenvalue weighted by Gasteiger charge is 2.19. The molecule has 2 aromatic heterocycles. The number of rotatable bonds is 3. The molecule has 1 amide bonds. The van der Waals surface area contributed by atoms with Crippen molar-refractivity contribution in [3.63, 3.8) is 0 Å². The van der Waals surface area contributed by atoms with Gasteiger partial charge in [-0.1, -0.05) is 23.2 Å². The number of aryl methyl sites for hydroxylation is 2. The van der Waals surface area contributed by atoms with Crippen LogP contribution in [0.1, 0.15) is 38.7 Å². The Kier molecular flexibility index (Phi) is 4.78. The molecule has 2 aromatic rings. The van der Waals surface area contributed by atoms with Crippen molar-refractivity contribution in [3.05, 3.63) is 33.7 Å². The van der Waals surface area contributed by atoms with Gasteiger partial charge in [0.15, 0.2) is 5.13 Å². The lowest BCUT2D eigenvalue weighted by Crippen LogP contribution is -2.13. The molecule has 6 heteroatoms. The van der Waals surface area contributed by atoms with Crippen LogP contribution in [-0.2, 0) is 0 Å². The molecule has 0 saturated heterocycles. The number of aliphatic hydroxyl groups is 1. The number of nitrogens with one attached hydrogen (secondary N) is 1. The largest absolute Gasteiger partial charge is 0.466 e. The molecule has 0 unspecified atom stereocenters. The number of hydrogen-bond donors (Lipinski definition) is 2. The Labute approximate surface area is 127 Å². The van der Waals surface area contributed by atoms with Gasteiger partial charge >= 0.3 is 0 Å². The van der Waals surface area contributed by atoms with E-state index in [2.05, 4.69) is 22.1 Å². The maximum Gasteiger partial charge on any atom is 0.261 e. The van der Waals surface area contributed by atoms with Crippen molar-refractivity contribution in [1.82, 2.24) is 4.98 Å². The van der Waals surface area contributed by atoms with Crippen molar-refractivity contribution in [1.29, 1.82) is 0 Å². The van der Waals surface area contributed by atoms with Crippen LogP contribution in [0.2, 0.25) is 0 Å². The smallest absolute Gasteiger partial charge is 0.261 e. The van der Waals surface area contributed by atoms with Gasteiger partial charge in [-0.25, -0.2) is 4.98 Å². The minimum absolute atomic E-state index is 0.0355. The van der Waals surface area contributed by atoms with Gasteiger partial charge in [0, 0.05) is 12.0 Å². The summed E-state index contributed by atoms with van der Waals surface area (Å²) < 4.78 is 5.45. The average Bonchev–Trinajstić information content (AvgIpc) is 2.96. The molecule has 0 saturated carbocycles. The Hall–Kier alpha value is -2.10. The second-order valence-electron chi connectivity index (χ2n) is 4.47. The maximum absolute atomic E-state index is 12.3. The zero-order chi connectivity index (χ0) is 15.4. The monoisotopic (exact) mass is 304 g/mol. The van der Waals surface area contributed by atoms with Gasteiger partial charge in [-0.2, -0.15) is 0 Å². The van der Waals surface area contributed by atoms with E-state index in [1.165, 1.54) is 11.3 Å². The molecule has 21 heavy (non-hydrogen) atoms. The van der Waals surface area contributed by atoms with Gasteiger partial charge in [-0.15, -0.1) is 0 Å². The van der Waals surface area contributed by atoms with E-state index in [-0.39, 0.29) is 12.5 Å². The quantitative estimate of drug-likeness (QED) is 0.855. The summed E-state index contributed by atoms with van der Waals surface area (Å²) in [5.74, 6) is 6.81.